The molecule has 1 heterocycles. The molecule has 2 atom stereocenters. The number of carbonyl (C=O) groups is 1. The molecule has 0 aromatic heterocycles. The molecule has 2 aromatic carbocycles. The first-order valence-electron chi connectivity index (χ1n) is 8.32. The van der Waals surface area contributed by atoms with Crippen LogP contribution in [0.1, 0.15) is 29.5 Å². The molecule has 1 aliphatic heterocycles. The van der Waals surface area contributed by atoms with Gasteiger partial charge in [-0.15, -0.1) is 0 Å². The third-order valence-electron chi connectivity index (χ3n) is 4.30. The summed E-state index contributed by atoms with van der Waals surface area (Å²) in [6.45, 7) is 4.55. The molecule has 130 valence electrons. The molecule has 1 unspecified atom stereocenters. The van der Waals surface area contributed by atoms with Crippen LogP contribution in [0.15, 0.2) is 54.6 Å². The van der Waals surface area contributed by atoms with Gasteiger partial charge in [0, 0.05) is 11.5 Å². The van der Waals surface area contributed by atoms with Gasteiger partial charge in [0.25, 0.3) is 0 Å². The van der Waals surface area contributed by atoms with Crippen LogP contribution in [0.2, 0.25) is 0 Å². The molecule has 0 radical (unpaired) electrons. The SMILES string of the molecule is COC(=O)C1C=C[C@H](C)c2cc(OCc3ccccc3)c(C)cc2O1. The second kappa shape index (κ2) is 7.43. The maximum atomic E-state index is 11.8. The van der Waals surface area contributed by atoms with Crippen LogP contribution < -0.4 is 9.47 Å². The number of carbonyl (C=O) groups excluding carboxylic acids is 1. The molecular weight excluding hydrogens is 316 g/mol. The van der Waals surface area contributed by atoms with Crippen molar-refractivity contribution in [1.29, 1.82) is 0 Å². The number of benzene rings is 2. The van der Waals surface area contributed by atoms with Gasteiger partial charge in [0.05, 0.1) is 7.11 Å². The van der Waals surface area contributed by atoms with Gasteiger partial charge in [0.2, 0.25) is 6.10 Å². The van der Waals surface area contributed by atoms with Crippen LogP contribution in [-0.2, 0) is 16.1 Å². The van der Waals surface area contributed by atoms with Gasteiger partial charge in [-0.05, 0) is 36.3 Å². The molecule has 0 aliphatic carbocycles. The molecule has 25 heavy (non-hydrogen) atoms. The zero-order valence-corrected chi connectivity index (χ0v) is 14.7. The van der Waals surface area contributed by atoms with E-state index in [2.05, 4.69) is 6.92 Å². The number of allylic oxidation sites excluding steroid dienone is 1. The fourth-order valence-electron chi connectivity index (χ4n) is 2.82. The maximum absolute atomic E-state index is 11.8. The Morgan fingerprint density at radius 1 is 1.16 bits per heavy atom. The third kappa shape index (κ3) is 3.85. The molecule has 4 heteroatoms. The fraction of sp³-hybridized carbons (Fsp3) is 0.286. The van der Waals surface area contributed by atoms with Crippen molar-refractivity contribution in [3.63, 3.8) is 0 Å². The summed E-state index contributed by atoms with van der Waals surface area (Å²) in [5, 5.41) is 0. The zero-order valence-electron chi connectivity index (χ0n) is 14.7. The Kier molecular flexibility index (Phi) is 5.08. The van der Waals surface area contributed by atoms with E-state index in [0.29, 0.717) is 12.4 Å². The quantitative estimate of drug-likeness (QED) is 0.620. The molecule has 1 aliphatic rings. The van der Waals surface area contributed by atoms with Crippen molar-refractivity contribution in [3.05, 3.63) is 71.3 Å². The lowest BCUT2D eigenvalue weighted by atomic mass is 9.98. The topological polar surface area (TPSA) is 44.8 Å². The Hall–Kier alpha value is -2.75. The normalized spacial score (nSPS) is 18.7. The number of aryl methyl sites for hydroxylation is 1. The molecule has 0 bridgehead atoms. The van der Waals surface area contributed by atoms with Crippen molar-refractivity contribution in [1.82, 2.24) is 0 Å². The van der Waals surface area contributed by atoms with Gasteiger partial charge in [-0.1, -0.05) is 43.3 Å². The lowest BCUT2D eigenvalue weighted by molar-refractivity contribution is -0.146. The fourth-order valence-corrected chi connectivity index (χ4v) is 2.82. The summed E-state index contributed by atoms with van der Waals surface area (Å²) >= 11 is 0. The average Bonchev–Trinajstić information content (AvgIpc) is 2.79. The standard InChI is InChI=1S/C21H22O4/c1-14-9-10-18(21(22)23-3)25-20-11-15(2)19(12-17(14)20)24-13-16-7-5-4-6-8-16/h4-12,14,18H,13H2,1-3H3/t14-,18?/m0/s1. The first-order valence-corrected chi connectivity index (χ1v) is 8.32. The van der Waals surface area contributed by atoms with Crippen LogP contribution in [0.4, 0.5) is 0 Å². The lowest BCUT2D eigenvalue weighted by Gasteiger charge is -2.18. The molecule has 3 rings (SSSR count). The summed E-state index contributed by atoms with van der Waals surface area (Å²) in [5.41, 5.74) is 3.08. The highest BCUT2D eigenvalue weighted by Crippen LogP contribution is 2.37. The van der Waals surface area contributed by atoms with E-state index >= 15 is 0 Å². The van der Waals surface area contributed by atoms with Gasteiger partial charge in [0.15, 0.2) is 0 Å². The molecule has 0 N–H and O–H groups in total. The highest BCUT2D eigenvalue weighted by molar-refractivity contribution is 5.77. The predicted octanol–water partition coefficient (Wildman–Crippen LogP) is 4.17. The van der Waals surface area contributed by atoms with E-state index in [4.69, 9.17) is 14.2 Å². The van der Waals surface area contributed by atoms with Crippen LogP contribution in [0, 0.1) is 6.92 Å². The summed E-state index contributed by atoms with van der Waals surface area (Å²) in [6.07, 6.45) is 2.99. The monoisotopic (exact) mass is 338 g/mol. The van der Waals surface area contributed by atoms with Gasteiger partial charge in [0.1, 0.15) is 18.1 Å². The highest BCUT2D eigenvalue weighted by atomic mass is 16.6. The lowest BCUT2D eigenvalue weighted by Crippen LogP contribution is -2.26. The molecular formula is C21H22O4. The van der Waals surface area contributed by atoms with Crippen LogP contribution >= 0.6 is 0 Å². The first-order chi connectivity index (χ1) is 12.1. The predicted molar refractivity (Wildman–Crippen MR) is 95.9 cm³/mol. The summed E-state index contributed by atoms with van der Waals surface area (Å²) in [5.74, 6) is 1.23. The van der Waals surface area contributed by atoms with E-state index in [-0.39, 0.29) is 5.92 Å². The number of ether oxygens (including phenoxy) is 3. The van der Waals surface area contributed by atoms with Crippen LogP contribution in [0.3, 0.4) is 0 Å². The van der Waals surface area contributed by atoms with E-state index in [1.54, 1.807) is 6.08 Å². The minimum absolute atomic E-state index is 0.115. The van der Waals surface area contributed by atoms with Gasteiger partial charge in [-0.3, -0.25) is 0 Å². The Bertz CT molecular complexity index is 780. The number of rotatable bonds is 4. The van der Waals surface area contributed by atoms with Crippen molar-refractivity contribution in [3.8, 4) is 11.5 Å². The second-order valence-electron chi connectivity index (χ2n) is 6.16. The van der Waals surface area contributed by atoms with Crippen molar-refractivity contribution in [2.45, 2.75) is 32.5 Å². The van der Waals surface area contributed by atoms with Gasteiger partial charge >= 0.3 is 5.97 Å². The molecule has 0 fully saturated rings. The smallest absolute Gasteiger partial charge is 0.351 e. The van der Waals surface area contributed by atoms with E-state index in [0.717, 1.165) is 22.4 Å². The zero-order chi connectivity index (χ0) is 17.8. The van der Waals surface area contributed by atoms with E-state index < -0.39 is 12.1 Å². The van der Waals surface area contributed by atoms with Gasteiger partial charge in [-0.2, -0.15) is 0 Å². The maximum Gasteiger partial charge on any atom is 0.351 e. The molecule has 2 aromatic rings. The van der Waals surface area contributed by atoms with Crippen molar-refractivity contribution in [2.24, 2.45) is 0 Å². The van der Waals surface area contributed by atoms with Gasteiger partial charge in [-0.25, -0.2) is 4.79 Å². The Morgan fingerprint density at radius 2 is 1.92 bits per heavy atom. The summed E-state index contributed by atoms with van der Waals surface area (Å²) < 4.78 is 16.7. The van der Waals surface area contributed by atoms with Crippen molar-refractivity contribution in [2.75, 3.05) is 7.11 Å². The van der Waals surface area contributed by atoms with Crippen LogP contribution in [-0.4, -0.2) is 19.2 Å². The van der Waals surface area contributed by atoms with Crippen molar-refractivity contribution < 1.29 is 19.0 Å². The van der Waals surface area contributed by atoms with E-state index in [1.165, 1.54) is 7.11 Å². The number of hydrogen-bond acceptors (Lipinski definition) is 4. The second-order valence-corrected chi connectivity index (χ2v) is 6.16. The van der Waals surface area contributed by atoms with E-state index in [1.807, 2.05) is 55.5 Å². The van der Waals surface area contributed by atoms with E-state index in [9.17, 15) is 4.79 Å². The number of fused-ring (bicyclic) bond motifs is 1. The molecule has 0 saturated heterocycles. The number of methoxy groups -OCH3 is 1. The van der Waals surface area contributed by atoms with Gasteiger partial charge < -0.3 is 14.2 Å². The summed E-state index contributed by atoms with van der Waals surface area (Å²) in [4.78, 5) is 11.8. The Balaban J connectivity index is 1.85. The molecule has 0 spiro atoms. The minimum Gasteiger partial charge on any atom is -0.489 e. The highest BCUT2D eigenvalue weighted by Gasteiger charge is 2.25. The summed E-state index contributed by atoms with van der Waals surface area (Å²) in [7, 11) is 1.36. The third-order valence-corrected chi connectivity index (χ3v) is 4.30. The Labute approximate surface area is 148 Å². The van der Waals surface area contributed by atoms with Crippen LogP contribution in [0.25, 0.3) is 0 Å². The van der Waals surface area contributed by atoms with Crippen molar-refractivity contribution >= 4 is 5.97 Å². The largest absolute Gasteiger partial charge is 0.489 e. The molecule has 0 saturated carbocycles. The minimum atomic E-state index is -0.718. The Morgan fingerprint density at radius 3 is 2.64 bits per heavy atom. The average molecular weight is 338 g/mol. The molecule has 0 amide bonds. The molecule has 4 nitrogen and oxygen atoms in total. The first kappa shape index (κ1) is 17.1. The van der Waals surface area contributed by atoms with Crippen LogP contribution in [0.5, 0.6) is 11.5 Å². The number of esters is 1. The number of hydrogen-bond donors (Lipinski definition) is 0. The summed E-state index contributed by atoms with van der Waals surface area (Å²) in [6, 6.07) is 14.0.